The number of methoxy groups -OCH3 is 1. The number of imidazole rings is 1. The van der Waals surface area contributed by atoms with Gasteiger partial charge in [0.2, 0.25) is 5.88 Å². The van der Waals surface area contributed by atoms with Crippen molar-refractivity contribution < 1.29 is 23.8 Å². The molecule has 2 aromatic carbocycles. The van der Waals surface area contributed by atoms with Crippen LogP contribution in [0.25, 0.3) is 11.0 Å². The lowest BCUT2D eigenvalue weighted by Gasteiger charge is -2.37. The molecule has 210 valence electrons. The first kappa shape index (κ1) is 28.0. The van der Waals surface area contributed by atoms with Gasteiger partial charge < -0.3 is 19.1 Å². The molecule has 4 aromatic rings. The number of carboxylic acid groups (broad SMARTS) is 1. The zero-order chi connectivity index (χ0) is 28.2. The first-order valence-corrected chi connectivity index (χ1v) is 13.7. The molecule has 0 aliphatic carbocycles. The second-order valence-electron chi connectivity index (χ2n) is 10.1. The average Bonchev–Trinajstić information content (AvgIpc) is 3.28. The van der Waals surface area contributed by atoms with Gasteiger partial charge in [-0.25, -0.2) is 19.2 Å². The fourth-order valence-electron chi connectivity index (χ4n) is 5.29. The lowest BCUT2D eigenvalue weighted by atomic mass is 9.88. The third-order valence-electron chi connectivity index (χ3n) is 7.51. The lowest BCUT2D eigenvalue weighted by molar-refractivity contribution is 0.0697. The number of nitrogens with zero attached hydrogens (tertiary/aromatic N) is 4. The van der Waals surface area contributed by atoms with Crippen molar-refractivity contribution in [3.63, 3.8) is 0 Å². The monoisotopic (exact) mass is 566 g/mol. The van der Waals surface area contributed by atoms with E-state index in [1.54, 1.807) is 43.5 Å². The Morgan fingerprint density at radius 3 is 2.77 bits per heavy atom. The Morgan fingerprint density at radius 2 is 2.02 bits per heavy atom. The minimum absolute atomic E-state index is 0.0757. The van der Waals surface area contributed by atoms with Crippen LogP contribution in [0.2, 0.25) is 5.02 Å². The second-order valence-corrected chi connectivity index (χ2v) is 10.6. The molecule has 0 amide bonds. The molecule has 2 atom stereocenters. The number of piperidine rings is 1. The maximum atomic E-state index is 14.1. The van der Waals surface area contributed by atoms with Gasteiger partial charge in [0.25, 0.3) is 0 Å². The third kappa shape index (κ3) is 6.27. The maximum Gasteiger partial charge on any atom is 0.335 e. The molecule has 1 saturated heterocycles. The standard InChI is InChI=1S/C30H32ClFN4O4/c1-19-14-20(25-4-3-5-29(34-25)40-18-22-6-8-23(31)16-24(22)32)10-11-35(19)17-28-33-26-9-7-21(30(37)38)15-27(26)36(28)12-13-39-2/h3-9,15-16,19-20H,10-14,17-18H2,1-2H3,(H,37,38)/t19-,20?/m1/s1. The predicted molar refractivity (Wildman–Crippen MR) is 150 cm³/mol. The van der Waals surface area contributed by atoms with E-state index in [2.05, 4.69) is 16.4 Å². The summed E-state index contributed by atoms with van der Waals surface area (Å²) in [5, 5.41) is 9.81. The van der Waals surface area contributed by atoms with Gasteiger partial charge in [0.1, 0.15) is 18.2 Å². The number of ether oxygens (including phenoxy) is 2. The van der Waals surface area contributed by atoms with E-state index in [-0.39, 0.29) is 24.1 Å². The van der Waals surface area contributed by atoms with Crippen molar-refractivity contribution in [2.75, 3.05) is 20.3 Å². The van der Waals surface area contributed by atoms with E-state index in [0.717, 1.165) is 41.9 Å². The number of aromatic carboxylic acids is 1. The maximum absolute atomic E-state index is 14.1. The van der Waals surface area contributed by atoms with Gasteiger partial charge in [-0.3, -0.25) is 4.90 Å². The molecule has 0 bridgehead atoms. The number of pyridine rings is 1. The van der Waals surface area contributed by atoms with E-state index in [9.17, 15) is 14.3 Å². The summed E-state index contributed by atoms with van der Waals surface area (Å²) in [6.45, 7) is 4.89. The Bertz CT molecular complexity index is 1510. The Balaban J connectivity index is 1.26. The van der Waals surface area contributed by atoms with Crippen molar-refractivity contribution in [3.8, 4) is 5.88 Å². The minimum atomic E-state index is -0.959. The number of carboxylic acids is 1. The Labute approximate surface area is 237 Å². The molecule has 10 heteroatoms. The van der Waals surface area contributed by atoms with Crippen molar-refractivity contribution in [3.05, 3.63) is 88.1 Å². The molecular formula is C30H32ClFN4O4. The first-order chi connectivity index (χ1) is 19.3. The normalized spacial score (nSPS) is 17.8. The summed E-state index contributed by atoms with van der Waals surface area (Å²) in [4.78, 5) is 23.5. The third-order valence-corrected chi connectivity index (χ3v) is 7.74. The summed E-state index contributed by atoms with van der Waals surface area (Å²) >= 11 is 5.84. The highest BCUT2D eigenvalue weighted by Gasteiger charge is 2.29. The van der Waals surface area contributed by atoms with Crippen molar-refractivity contribution in [1.82, 2.24) is 19.4 Å². The predicted octanol–water partition coefficient (Wildman–Crippen LogP) is 5.92. The van der Waals surface area contributed by atoms with Gasteiger partial charge in [0.15, 0.2) is 0 Å². The molecule has 8 nitrogen and oxygen atoms in total. The number of hydrogen-bond donors (Lipinski definition) is 1. The fourth-order valence-corrected chi connectivity index (χ4v) is 5.45. The lowest BCUT2D eigenvalue weighted by Crippen LogP contribution is -2.40. The van der Waals surface area contributed by atoms with Gasteiger partial charge in [-0.15, -0.1) is 0 Å². The summed E-state index contributed by atoms with van der Waals surface area (Å²) in [5.74, 6) is 0.270. The number of fused-ring (bicyclic) bond motifs is 1. The number of hydrogen-bond acceptors (Lipinski definition) is 6. The topological polar surface area (TPSA) is 89.7 Å². The van der Waals surface area contributed by atoms with Crippen LogP contribution in [0.1, 0.15) is 53.1 Å². The fraction of sp³-hybridized carbons (Fsp3) is 0.367. The summed E-state index contributed by atoms with van der Waals surface area (Å²) < 4.78 is 27.3. The number of aromatic nitrogens is 3. The zero-order valence-corrected chi connectivity index (χ0v) is 23.3. The molecule has 0 radical (unpaired) electrons. The van der Waals surface area contributed by atoms with Gasteiger partial charge in [-0.1, -0.05) is 23.7 Å². The highest BCUT2D eigenvalue weighted by Crippen LogP contribution is 2.33. The van der Waals surface area contributed by atoms with E-state index in [4.69, 9.17) is 31.0 Å². The number of benzene rings is 2. The summed E-state index contributed by atoms with van der Waals surface area (Å²) in [6, 6.07) is 15.6. The van der Waals surface area contributed by atoms with Gasteiger partial charge in [-0.05, 0) is 62.7 Å². The number of carbonyl (C=O) groups is 1. The molecule has 1 unspecified atom stereocenters. The molecule has 1 aliphatic heterocycles. The molecule has 1 N–H and O–H groups in total. The number of rotatable bonds is 10. The molecule has 0 spiro atoms. The van der Waals surface area contributed by atoms with Gasteiger partial charge in [-0.2, -0.15) is 0 Å². The summed E-state index contributed by atoms with van der Waals surface area (Å²) in [7, 11) is 1.65. The molecular weight excluding hydrogens is 535 g/mol. The van der Waals surface area contributed by atoms with Crippen molar-refractivity contribution >= 4 is 28.6 Å². The summed E-state index contributed by atoms with van der Waals surface area (Å²) in [6.07, 6.45) is 1.85. The quantitative estimate of drug-likeness (QED) is 0.255. The Kier molecular flexibility index (Phi) is 8.63. The van der Waals surface area contributed by atoms with Crippen LogP contribution in [0.3, 0.4) is 0 Å². The highest BCUT2D eigenvalue weighted by atomic mass is 35.5. The molecule has 0 saturated carbocycles. The Hall–Kier alpha value is -3.53. The van der Waals surface area contributed by atoms with E-state index < -0.39 is 11.8 Å². The highest BCUT2D eigenvalue weighted by molar-refractivity contribution is 6.30. The van der Waals surface area contributed by atoms with Crippen LogP contribution in [-0.2, 0) is 24.4 Å². The van der Waals surface area contributed by atoms with Crippen molar-refractivity contribution in [2.24, 2.45) is 0 Å². The molecule has 2 aromatic heterocycles. The first-order valence-electron chi connectivity index (χ1n) is 13.3. The summed E-state index contributed by atoms with van der Waals surface area (Å²) in [5.41, 5.74) is 3.21. The second kappa shape index (κ2) is 12.3. The molecule has 1 fully saturated rings. The Morgan fingerprint density at radius 1 is 1.18 bits per heavy atom. The average molecular weight is 567 g/mol. The van der Waals surface area contributed by atoms with E-state index >= 15 is 0 Å². The molecule has 5 rings (SSSR count). The van der Waals surface area contributed by atoms with Gasteiger partial charge >= 0.3 is 5.97 Å². The van der Waals surface area contributed by atoms with Gasteiger partial charge in [0, 0.05) is 48.0 Å². The van der Waals surface area contributed by atoms with E-state index in [0.29, 0.717) is 36.2 Å². The van der Waals surface area contributed by atoms with Crippen LogP contribution >= 0.6 is 11.6 Å². The van der Waals surface area contributed by atoms with Crippen LogP contribution in [0.5, 0.6) is 5.88 Å². The zero-order valence-electron chi connectivity index (χ0n) is 22.5. The number of likely N-dealkylation sites (tertiary alicyclic amines) is 1. The van der Waals surface area contributed by atoms with E-state index in [1.165, 1.54) is 6.07 Å². The molecule has 3 heterocycles. The van der Waals surface area contributed by atoms with Crippen molar-refractivity contribution in [1.29, 1.82) is 0 Å². The smallest absolute Gasteiger partial charge is 0.335 e. The van der Waals surface area contributed by atoms with Crippen LogP contribution in [0.15, 0.2) is 54.6 Å². The van der Waals surface area contributed by atoms with Crippen LogP contribution in [0.4, 0.5) is 4.39 Å². The van der Waals surface area contributed by atoms with E-state index in [1.807, 2.05) is 12.1 Å². The molecule has 1 aliphatic rings. The molecule has 40 heavy (non-hydrogen) atoms. The van der Waals surface area contributed by atoms with Crippen molar-refractivity contribution in [2.45, 2.75) is 51.4 Å². The SMILES string of the molecule is COCCn1c(CN2CCC(c3cccc(OCc4ccc(Cl)cc4F)n3)C[C@H]2C)nc2ccc(C(=O)O)cc21. The minimum Gasteiger partial charge on any atom is -0.478 e. The van der Waals surface area contributed by atoms with Crippen LogP contribution in [0, 0.1) is 5.82 Å². The largest absolute Gasteiger partial charge is 0.478 e. The van der Waals surface area contributed by atoms with Crippen LogP contribution in [-0.4, -0.2) is 56.8 Å². The van der Waals surface area contributed by atoms with Crippen LogP contribution < -0.4 is 4.74 Å². The number of halogens is 2. The van der Waals surface area contributed by atoms with Gasteiger partial charge in [0.05, 0.1) is 29.7 Å².